The van der Waals surface area contributed by atoms with E-state index in [9.17, 15) is 0 Å². The Bertz CT molecular complexity index is 520. The molecule has 1 heterocycles. The number of ether oxygens (including phenoxy) is 1. The summed E-state index contributed by atoms with van der Waals surface area (Å²) in [4.78, 5) is 0.984. The lowest BCUT2D eigenvalue weighted by Crippen LogP contribution is -1.88. The molecule has 0 N–H and O–H groups in total. The van der Waals surface area contributed by atoms with Gasteiger partial charge >= 0.3 is 0 Å². The largest absolute Gasteiger partial charge is 0.497 e. The predicted molar refractivity (Wildman–Crippen MR) is 68.1 cm³/mol. The standard InChI is InChI=1S/C14H12OS/c1-3-14-9-12(10-16-14)7-11-5-4-6-13(8-11)15-2/h1,4-6,8-10H,7H2,2H3. The van der Waals surface area contributed by atoms with E-state index in [1.807, 2.05) is 18.2 Å². The zero-order valence-corrected chi connectivity index (χ0v) is 9.88. The third-order valence-corrected chi connectivity index (χ3v) is 3.25. The van der Waals surface area contributed by atoms with Gasteiger partial charge in [0.25, 0.3) is 0 Å². The summed E-state index contributed by atoms with van der Waals surface area (Å²) in [5.41, 5.74) is 2.49. The maximum absolute atomic E-state index is 5.34. The van der Waals surface area contributed by atoms with Crippen LogP contribution in [0.3, 0.4) is 0 Å². The fraction of sp³-hybridized carbons (Fsp3) is 0.143. The summed E-state index contributed by atoms with van der Waals surface area (Å²) in [6, 6.07) is 10.2. The normalized spacial score (nSPS) is 9.75. The van der Waals surface area contributed by atoms with Crippen molar-refractivity contribution in [2.75, 3.05) is 7.11 Å². The van der Waals surface area contributed by atoms with Gasteiger partial charge in [0.15, 0.2) is 0 Å². The van der Waals surface area contributed by atoms with Crippen LogP contribution in [0.25, 0.3) is 0 Å². The molecule has 0 aliphatic heterocycles. The van der Waals surface area contributed by atoms with Gasteiger partial charge in [-0.2, -0.15) is 0 Å². The molecule has 0 spiro atoms. The van der Waals surface area contributed by atoms with Crippen LogP contribution in [0.4, 0.5) is 0 Å². The average Bonchev–Trinajstić information content (AvgIpc) is 2.77. The Labute approximate surface area is 99.7 Å². The van der Waals surface area contributed by atoms with Gasteiger partial charge in [0, 0.05) is 0 Å². The minimum Gasteiger partial charge on any atom is -0.497 e. The number of thiophene rings is 1. The molecule has 1 aromatic heterocycles. The smallest absolute Gasteiger partial charge is 0.119 e. The second-order valence-electron chi connectivity index (χ2n) is 3.49. The van der Waals surface area contributed by atoms with Crippen LogP contribution in [0.15, 0.2) is 35.7 Å². The van der Waals surface area contributed by atoms with Gasteiger partial charge in [-0.1, -0.05) is 18.1 Å². The van der Waals surface area contributed by atoms with Crippen LogP contribution < -0.4 is 4.74 Å². The van der Waals surface area contributed by atoms with Gasteiger partial charge < -0.3 is 4.74 Å². The Kier molecular flexibility index (Phi) is 3.28. The SMILES string of the molecule is C#Cc1cc(Cc2cccc(OC)c2)cs1. The molecule has 0 bridgehead atoms. The molecule has 2 heteroatoms. The summed E-state index contributed by atoms with van der Waals surface area (Å²) in [6.45, 7) is 0. The maximum Gasteiger partial charge on any atom is 0.119 e. The number of terminal acetylenes is 1. The highest BCUT2D eigenvalue weighted by Crippen LogP contribution is 2.19. The lowest BCUT2D eigenvalue weighted by Gasteiger charge is -2.02. The quantitative estimate of drug-likeness (QED) is 0.732. The Hall–Kier alpha value is -1.72. The molecule has 0 aliphatic rings. The minimum atomic E-state index is 0.893. The van der Waals surface area contributed by atoms with E-state index < -0.39 is 0 Å². The first-order valence-corrected chi connectivity index (χ1v) is 5.87. The fourth-order valence-corrected chi connectivity index (χ4v) is 2.28. The van der Waals surface area contributed by atoms with Crippen molar-refractivity contribution >= 4 is 11.3 Å². The minimum absolute atomic E-state index is 0.893. The molecule has 0 atom stereocenters. The molecule has 0 fully saturated rings. The first kappa shape index (κ1) is 10.8. The van der Waals surface area contributed by atoms with E-state index in [4.69, 9.17) is 11.2 Å². The summed E-state index contributed by atoms with van der Waals surface area (Å²) in [6.07, 6.45) is 6.24. The number of hydrogen-bond donors (Lipinski definition) is 0. The van der Waals surface area contributed by atoms with Crippen LogP contribution in [0.1, 0.15) is 16.0 Å². The molecule has 0 unspecified atom stereocenters. The molecule has 0 amide bonds. The van der Waals surface area contributed by atoms with Gasteiger partial charge in [-0.05, 0) is 41.1 Å². The summed E-state index contributed by atoms with van der Waals surface area (Å²) in [5.74, 6) is 3.54. The van der Waals surface area contributed by atoms with E-state index in [1.54, 1.807) is 18.4 Å². The van der Waals surface area contributed by atoms with Crippen LogP contribution in [0, 0.1) is 12.3 Å². The fourth-order valence-electron chi connectivity index (χ4n) is 1.56. The van der Waals surface area contributed by atoms with Crippen molar-refractivity contribution in [3.05, 3.63) is 51.7 Å². The summed E-state index contributed by atoms with van der Waals surface area (Å²) in [5, 5.41) is 2.11. The van der Waals surface area contributed by atoms with Gasteiger partial charge in [0.2, 0.25) is 0 Å². The first-order valence-electron chi connectivity index (χ1n) is 4.99. The van der Waals surface area contributed by atoms with E-state index in [0.717, 1.165) is 17.0 Å². The Morgan fingerprint density at radius 1 is 1.31 bits per heavy atom. The first-order chi connectivity index (χ1) is 7.81. The highest BCUT2D eigenvalue weighted by atomic mass is 32.1. The highest BCUT2D eigenvalue weighted by Gasteiger charge is 2.00. The van der Waals surface area contributed by atoms with Crippen molar-refractivity contribution in [1.29, 1.82) is 0 Å². The van der Waals surface area contributed by atoms with Gasteiger partial charge in [0.05, 0.1) is 12.0 Å². The molecule has 1 nitrogen and oxygen atoms in total. The number of benzene rings is 1. The second-order valence-corrected chi connectivity index (χ2v) is 4.40. The average molecular weight is 228 g/mol. The van der Waals surface area contributed by atoms with Crippen molar-refractivity contribution in [1.82, 2.24) is 0 Å². The van der Waals surface area contributed by atoms with Crippen LogP contribution in [0.5, 0.6) is 5.75 Å². The van der Waals surface area contributed by atoms with Crippen molar-refractivity contribution in [2.24, 2.45) is 0 Å². The summed E-state index contributed by atoms with van der Waals surface area (Å²) >= 11 is 1.61. The predicted octanol–water partition coefficient (Wildman–Crippen LogP) is 3.33. The molecule has 2 aromatic rings. The Morgan fingerprint density at radius 3 is 2.88 bits per heavy atom. The van der Waals surface area contributed by atoms with Crippen molar-refractivity contribution in [3.63, 3.8) is 0 Å². The molecular formula is C14H12OS. The van der Waals surface area contributed by atoms with E-state index in [0.29, 0.717) is 0 Å². The van der Waals surface area contributed by atoms with Crippen molar-refractivity contribution in [3.8, 4) is 18.1 Å². The molecule has 0 saturated carbocycles. The molecule has 80 valence electrons. The molecule has 1 aromatic carbocycles. The molecule has 2 rings (SSSR count). The van der Waals surface area contributed by atoms with Gasteiger partial charge in [0.1, 0.15) is 5.75 Å². The van der Waals surface area contributed by atoms with E-state index in [1.165, 1.54) is 11.1 Å². The molecular weight excluding hydrogens is 216 g/mol. The Balaban J connectivity index is 2.17. The number of hydrogen-bond acceptors (Lipinski definition) is 2. The highest BCUT2D eigenvalue weighted by molar-refractivity contribution is 7.10. The lowest BCUT2D eigenvalue weighted by atomic mass is 10.1. The molecule has 0 saturated heterocycles. The van der Waals surface area contributed by atoms with Crippen molar-refractivity contribution in [2.45, 2.75) is 6.42 Å². The van der Waals surface area contributed by atoms with Crippen LogP contribution in [-0.4, -0.2) is 7.11 Å². The molecule has 0 aliphatic carbocycles. The Morgan fingerprint density at radius 2 is 2.19 bits per heavy atom. The van der Waals surface area contributed by atoms with Gasteiger partial charge in [-0.3, -0.25) is 0 Å². The monoisotopic (exact) mass is 228 g/mol. The molecule has 0 radical (unpaired) electrons. The van der Waals surface area contributed by atoms with Gasteiger partial charge in [-0.25, -0.2) is 0 Å². The maximum atomic E-state index is 5.34. The lowest BCUT2D eigenvalue weighted by molar-refractivity contribution is 0.414. The second kappa shape index (κ2) is 4.87. The van der Waals surface area contributed by atoms with E-state index in [-0.39, 0.29) is 0 Å². The number of rotatable bonds is 3. The number of methoxy groups -OCH3 is 1. The van der Waals surface area contributed by atoms with Crippen LogP contribution in [-0.2, 0) is 6.42 Å². The van der Waals surface area contributed by atoms with Crippen molar-refractivity contribution < 1.29 is 4.74 Å². The molecule has 16 heavy (non-hydrogen) atoms. The van der Waals surface area contributed by atoms with Gasteiger partial charge in [-0.15, -0.1) is 17.8 Å². The zero-order chi connectivity index (χ0) is 11.4. The van der Waals surface area contributed by atoms with E-state index in [2.05, 4.69) is 23.4 Å². The zero-order valence-electron chi connectivity index (χ0n) is 9.07. The summed E-state index contributed by atoms with van der Waals surface area (Å²) in [7, 11) is 1.68. The van der Waals surface area contributed by atoms with Crippen LogP contribution >= 0.6 is 11.3 Å². The van der Waals surface area contributed by atoms with Crippen LogP contribution in [0.2, 0.25) is 0 Å². The van der Waals surface area contributed by atoms with E-state index >= 15 is 0 Å². The summed E-state index contributed by atoms with van der Waals surface area (Å²) < 4.78 is 5.19. The third kappa shape index (κ3) is 2.44. The third-order valence-electron chi connectivity index (χ3n) is 2.34. The topological polar surface area (TPSA) is 9.23 Å².